The Balaban J connectivity index is 2.09. The van der Waals surface area contributed by atoms with Crippen LogP contribution in [0, 0.1) is 0 Å². The fourth-order valence-electron chi connectivity index (χ4n) is 1.53. The lowest BCUT2D eigenvalue weighted by Gasteiger charge is -2.30. The Hall–Kier alpha value is -1.23. The van der Waals surface area contributed by atoms with Gasteiger partial charge in [-0.05, 0) is 0 Å². The third kappa shape index (κ3) is 1.12. The van der Waals surface area contributed by atoms with Crippen molar-refractivity contribution >= 4 is 5.91 Å². The largest absolute Gasteiger partial charge is 0.364 e. The number of nitrogens with one attached hydrogen (secondary N) is 2. The summed E-state index contributed by atoms with van der Waals surface area (Å²) < 4.78 is 0. The first-order valence-corrected chi connectivity index (χ1v) is 4.02. The van der Waals surface area contributed by atoms with E-state index in [0.717, 1.165) is 19.6 Å². The molecule has 0 spiro atoms. The van der Waals surface area contributed by atoms with Crippen LogP contribution >= 0.6 is 0 Å². The third-order valence-electron chi connectivity index (χ3n) is 2.17. The fraction of sp³-hybridized carbons (Fsp3) is 0.571. The van der Waals surface area contributed by atoms with E-state index in [9.17, 15) is 4.79 Å². The molecular formula is C7H12N4O. The summed E-state index contributed by atoms with van der Waals surface area (Å²) in [5.41, 5.74) is 5.65. The van der Waals surface area contributed by atoms with Gasteiger partial charge in [0.1, 0.15) is 11.9 Å². The number of piperazine rings is 1. The highest BCUT2D eigenvalue weighted by molar-refractivity contribution is 5.91. The molecule has 2 heterocycles. The summed E-state index contributed by atoms with van der Waals surface area (Å²) in [6, 6.07) is 0. The van der Waals surface area contributed by atoms with Crippen molar-refractivity contribution in [1.82, 2.24) is 15.5 Å². The number of hydrogen-bond donors (Lipinski definition) is 3. The molecule has 2 aliphatic rings. The molecule has 66 valence electrons. The molecule has 1 atom stereocenters. The van der Waals surface area contributed by atoms with E-state index < -0.39 is 0 Å². The second-order valence-corrected chi connectivity index (χ2v) is 3.01. The first-order chi connectivity index (χ1) is 5.77. The van der Waals surface area contributed by atoms with Crippen LogP contribution in [0.2, 0.25) is 0 Å². The quantitative estimate of drug-likeness (QED) is 0.430. The molecule has 4 N–H and O–H groups in total. The highest BCUT2D eigenvalue weighted by Crippen LogP contribution is 2.11. The molecule has 1 amide bonds. The lowest BCUT2D eigenvalue weighted by atomic mass is 10.3. The molecular weight excluding hydrogens is 156 g/mol. The number of fused-ring (bicyclic) bond motifs is 1. The Labute approximate surface area is 70.6 Å². The van der Waals surface area contributed by atoms with E-state index in [2.05, 4.69) is 15.5 Å². The number of amides is 1. The van der Waals surface area contributed by atoms with Gasteiger partial charge in [-0.25, -0.2) is 0 Å². The topological polar surface area (TPSA) is 70.4 Å². The monoisotopic (exact) mass is 168 g/mol. The van der Waals surface area contributed by atoms with E-state index in [1.54, 1.807) is 6.20 Å². The number of rotatable bonds is 1. The number of carbonyl (C=O) groups is 1. The average Bonchev–Trinajstić information content (AvgIpc) is 2.46. The lowest BCUT2D eigenvalue weighted by Crippen LogP contribution is -2.52. The molecule has 1 saturated heterocycles. The van der Waals surface area contributed by atoms with Gasteiger partial charge < -0.3 is 21.3 Å². The second kappa shape index (κ2) is 2.67. The molecule has 0 saturated carbocycles. The van der Waals surface area contributed by atoms with Gasteiger partial charge in [-0.3, -0.25) is 4.79 Å². The van der Waals surface area contributed by atoms with Gasteiger partial charge in [0.05, 0.1) is 0 Å². The lowest BCUT2D eigenvalue weighted by molar-refractivity contribution is -0.114. The zero-order chi connectivity index (χ0) is 8.55. The van der Waals surface area contributed by atoms with Gasteiger partial charge in [0, 0.05) is 25.8 Å². The molecule has 12 heavy (non-hydrogen) atoms. The Kier molecular flexibility index (Phi) is 1.65. The predicted molar refractivity (Wildman–Crippen MR) is 43.8 cm³/mol. The standard InChI is InChI=1S/C7H12N4O/c8-7(12)5-4-11-2-1-9-3-6(11)10-5/h4,6,9-10H,1-3H2,(H2,8,12). The van der Waals surface area contributed by atoms with Crippen molar-refractivity contribution in [2.45, 2.75) is 6.17 Å². The van der Waals surface area contributed by atoms with Gasteiger partial charge in [-0.1, -0.05) is 0 Å². The van der Waals surface area contributed by atoms with E-state index in [0.29, 0.717) is 5.70 Å². The predicted octanol–water partition coefficient (Wildman–Crippen LogP) is -1.85. The molecule has 0 aromatic carbocycles. The zero-order valence-corrected chi connectivity index (χ0v) is 6.71. The van der Waals surface area contributed by atoms with E-state index in [4.69, 9.17) is 5.73 Å². The molecule has 1 unspecified atom stereocenters. The molecule has 0 aliphatic carbocycles. The molecule has 5 nitrogen and oxygen atoms in total. The van der Waals surface area contributed by atoms with E-state index in [-0.39, 0.29) is 12.1 Å². The van der Waals surface area contributed by atoms with Gasteiger partial charge in [-0.2, -0.15) is 0 Å². The summed E-state index contributed by atoms with van der Waals surface area (Å²) in [4.78, 5) is 12.9. The van der Waals surface area contributed by atoms with Crippen molar-refractivity contribution in [3.63, 3.8) is 0 Å². The third-order valence-corrected chi connectivity index (χ3v) is 2.17. The van der Waals surface area contributed by atoms with Crippen molar-refractivity contribution in [3.8, 4) is 0 Å². The van der Waals surface area contributed by atoms with Crippen molar-refractivity contribution in [2.75, 3.05) is 19.6 Å². The van der Waals surface area contributed by atoms with Crippen LogP contribution in [0.5, 0.6) is 0 Å². The van der Waals surface area contributed by atoms with E-state index in [1.165, 1.54) is 0 Å². The SMILES string of the molecule is NC(=O)C1=CN2CCNCC2N1. The van der Waals surface area contributed by atoms with Crippen molar-refractivity contribution in [3.05, 3.63) is 11.9 Å². The first-order valence-electron chi connectivity index (χ1n) is 4.02. The van der Waals surface area contributed by atoms with Crippen molar-refractivity contribution < 1.29 is 4.79 Å². The minimum Gasteiger partial charge on any atom is -0.364 e. The Bertz CT molecular complexity index is 238. The minimum absolute atomic E-state index is 0.209. The molecule has 0 bridgehead atoms. The van der Waals surface area contributed by atoms with Crippen molar-refractivity contribution in [2.24, 2.45) is 5.73 Å². The molecule has 2 rings (SSSR count). The summed E-state index contributed by atoms with van der Waals surface area (Å²) in [5, 5.41) is 6.27. The van der Waals surface area contributed by atoms with Crippen LogP contribution in [-0.4, -0.2) is 36.6 Å². The summed E-state index contributed by atoms with van der Waals surface area (Å²) in [6.07, 6.45) is 2.01. The summed E-state index contributed by atoms with van der Waals surface area (Å²) in [5.74, 6) is -0.385. The molecule has 2 aliphatic heterocycles. The maximum absolute atomic E-state index is 10.8. The van der Waals surface area contributed by atoms with Gasteiger partial charge >= 0.3 is 0 Å². The van der Waals surface area contributed by atoms with Crippen molar-refractivity contribution in [1.29, 1.82) is 0 Å². The molecule has 1 fully saturated rings. The molecule has 0 aromatic rings. The Morgan fingerprint density at radius 3 is 3.25 bits per heavy atom. The van der Waals surface area contributed by atoms with Crippen LogP contribution in [0.15, 0.2) is 11.9 Å². The van der Waals surface area contributed by atoms with Gasteiger partial charge in [-0.15, -0.1) is 0 Å². The zero-order valence-electron chi connectivity index (χ0n) is 6.71. The van der Waals surface area contributed by atoms with Gasteiger partial charge in [0.15, 0.2) is 0 Å². The van der Waals surface area contributed by atoms with Gasteiger partial charge in [0.2, 0.25) is 0 Å². The van der Waals surface area contributed by atoms with Crippen LogP contribution in [0.25, 0.3) is 0 Å². The highest BCUT2D eigenvalue weighted by atomic mass is 16.1. The fourth-order valence-corrected chi connectivity index (χ4v) is 1.53. The number of primary amides is 1. The smallest absolute Gasteiger partial charge is 0.266 e. The Morgan fingerprint density at radius 2 is 2.58 bits per heavy atom. The molecule has 0 aromatic heterocycles. The number of nitrogens with two attached hydrogens (primary N) is 1. The summed E-state index contributed by atoms with van der Waals surface area (Å²) >= 11 is 0. The van der Waals surface area contributed by atoms with Crippen LogP contribution in [0.1, 0.15) is 0 Å². The second-order valence-electron chi connectivity index (χ2n) is 3.01. The molecule has 5 heteroatoms. The first kappa shape index (κ1) is 7.42. The summed E-state index contributed by atoms with van der Waals surface area (Å²) in [6.45, 7) is 2.74. The van der Waals surface area contributed by atoms with Crippen LogP contribution in [0.4, 0.5) is 0 Å². The number of carbonyl (C=O) groups excluding carboxylic acids is 1. The number of nitrogens with zero attached hydrogens (tertiary/aromatic N) is 1. The van der Waals surface area contributed by atoms with E-state index >= 15 is 0 Å². The van der Waals surface area contributed by atoms with Crippen LogP contribution in [-0.2, 0) is 4.79 Å². The average molecular weight is 168 g/mol. The normalized spacial score (nSPS) is 27.5. The minimum atomic E-state index is -0.385. The van der Waals surface area contributed by atoms with Crippen LogP contribution in [0.3, 0.4) is 0 Å². The summed E-state index contributed by atoms with van der Waals surface area (Å²) in [7, 11) is 0. The maximum Gasteiger partial charge on any atom is 0.266 e. The Morgan fingerprint density at radius 1 is 1.75 bits per heavy atom. The molecule has 0 radical (unpaired) electrons. The van der Waals surface area contributed by atoms with E-state index in [1.807, 2.05) is 0 Å². The van der Waals surface area contributed by atoms with Gasteiger partial charge in [0.25, 0.3) is 5.91 Å². The van der Waals surface area contributed by atoms with Crippen LogP contribution < -0.4 is 16.4 Å². The maximum atomic E-state index is 10.8. The number of hydrogen-bond acceptors (Lipinski definition) is 4. The highest BCUT2D eigenvalue weighted by Gasteiger charge is 2.27.